The minimum absolute atomic E-state index is 0.0975. The summed E-state index contributed by atoms with van der Waals surface area (Å²) >= 11 is 0. The molecule has 0 atom stereocenters. The molecule has 0 saturated heterocycles. The molecule has 0 aliphatic carbocycles. The molecule has 4 aromatic rings. The molecule has 4 rings (SSSR count). The van der Waals surface area contributed by atoms with Gasteiger partial charge in [-0.3, -0.25) is 4.79 Å². The molecule has 116 valence electrons. The van der Waals surface area contributed by atoms with Gasteiger partial charge in [0.05, 0.1) is 0 Å². The Balaban J connectivity index is 2.17. The predicted octanol–water partition coefficient (Wildman–Crippen LogP) is 6.17. The van der Waals surface area contributed by atoms with E-state index in [9.17, 15) is 4.79 Å². The lowest BCUT2D eigenvalue weighted by molar-refractivity contribution is 0.101. The number of hydrogen-bond acceptors (Lipinski definition) is 1. The molecule has 0 aliphatic rings. The highest BCUT2D eigenvalue weighted by atomic mass is 16.1. The Morgan fingerprint density at radius 1 is 0.750 bits per heavy atom. The number of rotatable bonds is 2. The lowest BCUT2D eigenvalue weighted by Crippen LogP contribution is -1.93. The van der Waals surface area contributed by atoms with E-state index in [-0.39, 0.29) is 5.78 Å². The van der Waals surface area contributed by atoms with E-state index in [1.165, 1.54) is 32.8 Å². The fraction of sp³-hybridized carbons (Fsp3) is 0.0870. The zero-order valence-electron chi connectivity index (χ0n) is 13.8. The lowest BCUT2D eigenvalue weighted by atomic mass is 9.91. The Morgan fingerprint density at radius 3 is 2.29 bits per heavy atom. The van der Waals surface area contributed by atoms with E-state index < -0.39 is 0 Å². The molecule has 0 aliphatic heterocycles. The number of carbonyl (C=O) groups excluding carboxylic acids is 1. The Bertz CT molecular complexity index is 1080. The molecule has 0 N–H and O–H groups in total. The summed E-state index contributed by atoms with van der Waals surface area (Å²) in [4.78, 5) is 11.9. The Hall–Kier alpha value is -2.93. The first-order valence-corrected chi connectivity index (χ1v) is 8.17. The van der Waals surface area contributed by atoms with Gasteiger partial charge in [-0.15, -0.1) is 0 Å². The third kappa shape index (κ3) is 2.39. The highest BCUT2D eigenvalue weighted by Crippen LogP contribution is 2.35. The average Bonchev–Trinajstić information content (AvgIpc) is 2.61. The van der Waals surface area contributed by atoms with Crippen LogP contribution >= 0.6 is 0 Å². The van der Waals surface area contributed by atoms with Gasteiger partial charge in [0.2, 0.25) is 0 Å². The van der Waals surface area contributed by atoms with E-state index >= 15 is 0 Å². The largest absolute Gasteiger partial charge is 0.295 e. The molecule has 1 nitrogen and oxygen atoms in total. The maximum Gasteiger partial charge on any atom is 0.159 e. The third-order valence-electron chi connectivity index (χ3n) is 4.60. The van der Waals surface area contributed by atoms with Gasteiger partial charge in [-0.1, -0.05) is 66.2 Å². The van der Waals surface area contributed by atoms with Crippen molar-refractivity contribution in [3.8, 4) is 11.1 Å². The van der Waals surface area contributed by atoms with Gasteiger partial charge in [0.15, 0.2) is 5.78 Å². The zero-order chi connectivity index (χ0) is 16.7. The standard InChI is InChI=1S/C23H18O/c1-15-8-9-19-14-22(17-6-4-3-5-7-17)23-13-18(16(2)24)10-11-20(23)21(19)12-15/h3-14H,1-2H3. The van der Waals surface area contributed by atoms with Crippen molar-refractivity contribution in [3.63, 3.8) is 0 Å². The van der Waals surface area contributed by atoms with Crippen molar-refractivity contribution >= 4 is 27.3 Å². The molecule has 0 unspecified atom stereocenters. The van der Waals surface area contributed by atoms with E-state index in [0.717, 1.165) is 10.9 Å². The summed E-state index contributed by atoms with van der Waals surface area (Å²) in [6, 6.07) is 25.2. The van der Waals surface area contributed by atoms with Crippen molar-refractivity contribution in [2.75, 3.05) is 0 Å². The van der Waals surface area contributed by atoms with Gasteiger partial charge in [0, 0.05) is 5.56 Å². The van der Waals surface area contributed by atoms with Crippen molar-refractivity contribution in [2.24, 2.45) is 0 Å². The van der Waals surface area contributed by atoms with E-state index in [2.05, 4.69) is 61.5 Å². The van der Waals surface area contributed by atoms with Crippen LogP contribution in [0.4, 0.5) is 0 Å². The van der Waals surface area contributed by atoms with Gasteiger partial charge >= 0.3 is 0 Å². The number of hydrogen-bond donors (Lipinski definition) is 0. The summed E-state index contributed by atoms with van der Waals surface area (Å²) in [5, 5.41) is 4.79. The number of benzene rings is 4. The topological polar surface area (TPSA) is 17.1 Å². The van der Waals surface area contributed by atoms with Gasteiger partial charge in [-0.25, -0.2) is 0 Å². The fourth-order valence-electron chi connectivity index (χ4n) is 3.34. The zero-order valence-corrected chi connectivity index (χ0v) is 13.8. The molecule has 0 aromatic heterocycles. The first-order valence-electron chi connectivity index (χ1n) is 8.17. The van der Waals surface area contributed by atoms with E-state index in [0.29, 0.717) is 0 Å². The van der Waals surface area contributed by atoms with Crippen LogP contribution in [0.1, 0.15) is 22.8 Å². The molecular formula is C23H18O. The second-order valence-electron chi connectivity index (χ2n) is 6.33. The number of carbonyl (C=O) groups is 1. The second-order valence-corrected chi connectivity index (χ2v) is 6.33. The highest BCUT2D eigenvalue weighted by Gasteiger charge is 2.11. The van der Waals surface area contributed by atoms with Crippen LogP contribution < -0.4 is 0 Å². The van der Waals surface area contributed by atoms with Gasteiger partial charge in [0.25, 0.3) is 0 Å². The monoisotopic (exact) mass is 310 g/mol. The smallest absolute Gasteiger partial charge is 0.159 e. The third-order valence-corrected chi connectivity index (χ3v) is 4.60. The van der Waals surface area contributed by atoms with Crippen molar-refractivity contribution in [2.45, 2.75) is 13.8 Å². The van der Waals surface area contributed by atoms with Crippen LogP contribution in [-0.2, 0) is 0 Å². The number of fused-ring (bicyclic) bond motifs is 3. The van der Waals surface area contributed by atoms with Gasteiger partial charge < -0.3 is 0 Å². The summed E-state index contributed by atoms with van der Waals surface area (Å²) in [5.74, 6) is 0.0975. The van der Waals surface area contributed by atoms with Crippen molar-refractivity contribution < 1.29 is 4.79 Å². The quantitative estimate of drug-likeness (QED) is 0.319. The SMILES string of the molecule is CC(=O)c1ccc2c(c1)c(-c1ccccc1)cc1ccc(C)cc12. The molecule has 0 radical (unpaired) electrons. The maximum absolute atomic E-state index is 11.9. The van der Waals surface area contributed by atoms with Crippen LogP contribution in [0.2, 0.25) is 0 Å². The Labute approximate surface area is 141 Å². The van der Waals surface area contributed by atoms with E-state index in [4.69, 9.17) is 0 Å². The Morgan fingerprint density at radius 2 is 1.54 bits per heavy atom. The maximum atomic E-state index is 11.9. The molecule has 0 saturated carbocycles. The number of Topliss-reactive ketones (excluding diaryl/α,β-unsaturated/α-hetero) is 1. The van der Waals surface area contributed by atoms with Crippen LogP contribution in [-0.4, -0.2) is 5.78 Å². The second kappa shape index (κ2) is 5.61. The lowest BCUT2D eigenvalue weighted by Gasteiger charge is -2.12. The minimum atomic E-state index is 0.0975. The molecule has 1 heteroatoms. The summed E-state index contributed by atoms with van der Waals surface area (Å²) in [7, 11) is 0. The van der Waals surface area contributed by atoms with Gasteiger partial charge in [-0.2, -0.15) is 0 Å². The molecule has 24 heavy (non-hydrogen) atoms. The molecule has 0 bridgehead atoms. The number of ketones is 1. The fourth-order valence-corrected chi connectivity index (χ4v) is 3.34. The van der Waals surface area contributed by atoms with Crippen molar-refractivity contribution in [3.05, 3.63) is 83.9 Å². The average molecular weight is 310 g/mol. The van der Waals surface area contributed by atoms with Crippen LogP contribution in [0.15, 0.2) is 72.8 Å². The molecule has 0 spiro atoms. The molecule has 0 fully saturated rings. The van der Waals surface area contributed by atoms with Crippen LogP contribution in [0.25, 0.3) is 32.7 Å². The molecule has 0 amide bonds. The number of aryl methyl sites for hydroxylation is 1. The summed E-state index contributed by atoms with van der Waals surface area (Å²) in [6.07, 6.45) is 0. The predicted molar refractivity (Wildman–Crippen MR) is 102 cm³/mol. The van der Waals surface area contributed by atoms with Crippen molar-refractivity contribution in [1.29, 1.82) is 0 Å². The summed E-state index contributed by atoms with van der Waals surface area (Å²) in [5.41, 5.74) is 4.34. The first-order chi connectivity index (χ1) is 11.6. The van der Waals surface area contributed by atoms with Crippen LogP contribution in [0, 0.1) is 6.92 Å². The summed E-state index contributed by atoms with van der Waals surface area (Å²) < 4.78 is 0. The van der Waals surface area contributed by atoms with E-state index in [1.54, 1.807) is 6.92 Å². The Kier molecular flexibility index (Phi) is 3.42. The van der Waals surface area contributed by atoms with Crippen LogP contribution in [0.5, 0.6) is 0 Å². The van der Waals surface area contributed by atoms with Crippen LogP contribution in [0.3, 0.4) is 0 Å². The van der Waals surface area contributed by atoms with E-state index in [1.807, 2.05) is 18.2 Å². The summed E-state index contributed by atoms with van der Waals surface area (Å²) in [6.45, 7) is 3.73. The minimum Gasteiger partial charge on any atom is -0.295 e. The molecule has 0 heterocycles. The van der Waals surface area contributed by atoms with Crippen molar-refractivity contribution in [1.82, 2.24) is 0 Å². The first kappa shape index (κ1) is 14.6. The van der Waals surface area contributed by atoms with Gasteiger partial charge in [0.1, 0.15) is 0 Å². The highest BCUT2D eigenvalue weighted by molar-refractivity contribution is 6.15. The van der Waals surface area contributed by atoms with Gasteiger partial charge in [-0.05, 0) is 58.7 Å². The molecular weight excluding hydrogens is 292 g/mol. The molecule has 4 aromatic carbocycles. The normalized spacial score (nSPS) is 11.1.